The van der Waals surface area contributed by atoms with Gasteiger partial charge in [-0.25, -0.2) is 12.7 Å². The zero-order chi connectivity index (χ0) is 15.3. The van der Waals surface area contributed by atoms with Crippen molar-refractivity contribution in [2.45, 2.75) is 38.6 Å². The standard InChI is InChI=1S/C15H26N2O2S/c1-6-12(2)11-17(5)20(18,19)15-9-7-8-14(10-16-4)13(15)3/h7-9,12,16H,6,10-11H2,1-5H3. The highest BCUT2D eigenvalue weighted by Gasteiger charge is 2.24. The van der Waals surface area contributed by atoms with E-state index in [0.29, 0.717) is 23.9 Å². The molecule has 0 spiro atoms. The van der Waals surface area contributed by atoms with Gasteiger partial charge in [-0.15, -0.1) is 0 Å². The third-order valence-electron chi connectivity index (χ3n) is 3.72. The van der Waals surface area contributed by atoms with Crippen LogP contribution in [-0.2, 0) is 16.6 Å². The Morgan fingerprint density at radius 1 is 1.35 bits per heavy atom. The lowest BCUT2D eigenvalue weighted by molar-refractivity contribution is 0.393. The van der Waals surface area contributed by atoms with Crippen molar-refractivity contribution in [1.29, 1.82) is 0 Å². The lowest BCUT2D eigenvalue weighted by Crippen LogP contribution is -2.31. The molecule has 1 rings (SSSR count). The first-order valence-corrected chi connectivity index (χ1v) is 8.48. The molecule has 0 bridgehead atoms. The van der Waals surface area contributed by atoms with E-state index in [0.717, 1.165) is 17.5 Å². The van der Waals surface area contributed by atoms with Crippen molar-refractivity contribution in [1.82, 2.24) is 9.62 Å². The van der Waals surface area contributed by atoms with Gasteiger partial charge in [0.2, 0.25) is 10.0 Å². The minimum atomic E-state index is -3.41. The van der Waals surface area contributed by atoms with Crippen LogP contribution in [0.2, 0.25) is 0 Å². The largest absolute Gasteiger partial charge is 0.316 e. The normalized spacial score (nSPS) is 13.7. The van der Waals surface area contributed by atoms with Gasteiger partial charge in [-0.05, 0) is 37.1 Å². The Balaban J connectivity index is 3.12. The molecule has 1 unspecified atom stereocenters. The molecule has 0 aliphatic carbocycles. The van der Waals surface area contributed by atoms with Crippen LogP contribution in [0.4, 0.5) is 0 Å². The van der Waals surface area contributed by atoms with E-state index in [9.17, 15) is 8.42 Å². The summed E-state index contributed by atoms with van der Waals surface area (Å²) in [6.45, 7) is 7.23. The van der Waals surface area contributed by atoms with E-state index >= 15 is 0 Å². The van der Waals surface area contributed by atoms with E-state index < -0.39 is 10.0 Å². The molecule has 0 radical (unpaired) electrons. The Morgan fingerprint density at radius 2 is 2.00 bits per heavy atom. The van der Waals surface area contributed by atoms with Gasteiger partial charge in [0, 0.05) is 20.1 Å². The molecule has 0 aliphatic heterocycles. The molecule has 20 heavy (non-hydrogen) atoms. The van der Waals surface area contributed by atoms with Crippen LogP contribution in [0.3, 0.4) is 0 Å². The summed E-state index contributed by atoms with van der Waals surface area (Å²) in [6, 6.07) is 5.46. The Labute approximate surface area is 123 Å². The van der Waals surface area contributed by atoms with E-state index in [1.54, 1.807) is 13.1 Å². The molecule has 1 atom stereocenters. The van der Waals surface area contributed by atoms with Gasteiger partial charge in [-0.2, -0.15) is 0 Å². The number of sulfonamides is 1. The highest BCUT2D eigenvalue weighted by molar-refractivity contribution is 7.89. The minimum absolute atomic E-state index is 0.357. The molecule has 0 fully saturated rings. The Kier molecular flexibility index (Phi) is 6.17. The lowest BCUT2D eigenvalue weighted by atomic mass is 10.1. The van der Waals surface area contributed by atoms with Crippen LogP contribution >= 0.6 is 0 Å². The molecule has 1 aromatic carbocycles. The molecule has 0 amide bonds. The van der Waals surface area contributed by atoms with Gasteiger partial charge in [-0.3, -0.25) is 0 Å². The van der Waals surface area contributed by atoms with Crippen LogP contribution in [0.1, 0.15) is 31.4 Å². The molecule has 4 nitrogen and oxygen atoms in total. The first-order valence-electron chi connectivity index (χ1n) is 7.04. The summed E-state index contributed by atoms with van der Waals surface area (Å²) in [4.78, 5) is 0.413. The fourth-order valence-corrected chi connectivity index (χ4v) is 3.71. The zero-order valence-electron chi connectivity index (χ0n) is 13.1. The Morgan fingerprint density at radius 3 is 2.55 bits per heavy atom. The van der Waals surface area contributed by atoms with Gasteiger partial charge in [0.1, 0.15) is 0 Å². The molecule has 0 saturated heterocycles. The Hall–Kier alpha value is -0.910. The van der Waals surface area contributed by atoms with Crippen molar-refractivity contribution < 1.29 is 8.42 Å². The van der Waals surface area contributed by atoms with Gasteiger partial charge in [0.25, 0.3) is 0 Å². The summed E-state index contributed by atoms with van der Waals surface area (Å²) in [6.07, 6.45) is 0.971. The third-order valence-corrected chi connectivity index (χ3v) is 5.69. The summed E-state index contributed by atoms with van der Waals surface area (Å²) in [5.74, 6) is 0.357. The average molecular weight is 298 g/mol. The average Bonchev–Trinajstić information content (AvgIpc) is 2.40. The molecule has 1 aromatic rings. The third kappa shape index (κ3) is 3.81. The van der Waals surface area contributed by atoms with Crippen molar-refractivity contribution in [3.63, 3.8) is 0 Å². The topological polar surface area (TPSA) is 49.4 Å². The molecule has 5 heteroatoms. The van der Waals surface area contributed by atoms with Crippen molar-refractivity contribution in [3.8, 4) is 0 Å². The SMILES string of the molecule is CCC(C)CN(C)S(=O)(=O)c1cccc(CNC)c1C. The molecule has 0 aliphatic rings. The zero-order valence-corrected chi connectivity index (χ0v) is 13.9. The minimum Gasteiger partial charge on any atom is -0.316 e. The molecular formula is C15H26N2O2S. The van der Waals surface area contributed by atoms with E-state index in [4.69, 9.17) is 0 Å². The molecular weight excluding hydrogens is 272 g/mol. The van der Waals surface area contributed by atoms with Gasteiger partial charge >= 0.3 is 0 Å². The molecule has 1 N–H and O–H groups in total. The van der Waals surface area contributed by atoms with E-state index in [2.05, 4.69) is 19.2 Å². The van der Waals surface area contributed by atoms with E-state index in [1.807, 2.05) is 26.1 Å². The molecule has 0 aromatic heterocycles. The summed E-state index contributed by atoms with van der Waals surface area (Å²) < 4.78 is 26.8. The highest BCUT2D eigenvalue weighted by Crippen LogP contribution is 2.22. The van der Waals surface area contributed by atoms with Crippen LogP contribution in [-0.4, -0.2) is 33.4 Å². The first-order chi connectivity index (χ1) is 9.34. The quantitative estimate of drug-likeness (QED) is 0.841. The van der Waals surface area contributed by atoms with Crippen LogP contribution in [0.5, 0.6) is 0 Å². The van der Waals surface area contributed by atoms with Crippen LogP contribution in [0.25, 0.3) is 0 Å². The van der Waals surface area contributed by atoms with E-state index in [1.165, 1.54) is 4.31 Å². The summed E-state index contributed by atoms with van der Waals surface area (Å²) in [7, 11) is 0.105. The number of hydrogen-bond donors (Lipinski definition) is 1. The number of rotatable bonds is 7. The van der Waals surface area contributed by atoms with Crippen LogP contribution in [0.15, 0.2) is 23.1 Å². The van der Waals surface area contributed by atoms with E-state index in [-0.39, 0.29) is 0 Å². The van der Waals surface area contributed by atoms with Gasteiger partial charge in [0.15, 0.2) is 0 Å². The Bertz CT molecular complexity index is 541. The van der Waals surface area contributed by atoms with Crippen molar-refractivity contribution in [3.05, 3.63) is 29.3 Å². The highest BCUT2D eigenvalue weighted by atomic mass is 32.2. The maximum atomic E-state index is 12.7. The maximum absolute atomic E-state index is 12.7. The molecule has 0 saturated carbocycles. The lowest BCUT2D eigenvalue weighted by Gasteiger charge is -2.22. The second-order valence-corrected chi connectivity index (χ2v) is 7.38. The predicted molar refractivity (Wildman–Crippen MR) is 83.2 cm³/mol. The van der Waals surface area contributed by atoms with Gasteiger partial charge in [-0.1, -0.05) is 32.4 Å². The second-order valence-electron chi connectivity index (χ2n) is 5.37. The summed E-state index contributed by atoms with van der Waals surface area (Å²) >= 11 is 0. The van der Waals surface area contributed by atoms with Gasteiger partial charge in [0.05, 0.1) is 4.90 Å². The summed E-state index contributed by atoms with van der Waals surface area (Å²) in [5.41, 5.74) is 1.85. The number of nitrogens with zero attached hydrogens (tertiary/aromatic N) is 1. The number of hydrogen-bond acceptors (Lipinski definition) is 3. The second kappa shape index (κ2) is 7.20. The molecule has 114 valence electrons. The smallest absolute Gasteiger partial charge is 0.243 e. The fraction of sp³-hybridized carbons (Fsp3) is 0.600. The van der Waals surface area contributed by atoms with Gasteiger partial charge < -0.3 is 5.32 Å². The van der Waals surface area contributed by atoms with Crippen molar-refractivity contribution >= 4 is 10.0 Å². The van der Waals surface area contributed by atoms with Crippen LogP contribution < -0.4 is 5.32 Å². The van der Waals surface area contributed by atoms with Crippen LogP contribution in [0, 0.1) is 12.8 Å². The fourth-order valence-electron chi connectivity index (χ4n) is 2.16. The number of benzene rings is 1. The number of nitrogens with one attached hydrogen (secondary N) is 1. The molecule has 0 heterocycles. The monoisotopic (exact) mass is 298 g/mol. The first kappa shape index (κ1) is 17.1. The summed E-state index contributed by atoms with van der Waals surface area (Å²) in [5, 5.41) is 3.07. The van der Waals surface area contributed by atoms with Crippen molar-refractivity contribution in [2.24, 2.45) is 5.92 Å². The van der Waals surface area contributed by atoms with Crippen molar-refractivity contribution in [2.75, 3.05) is 20.6 Å². The predicted octanol–water partition coefficient (Wildman–Crippen LogP) is 2.38. The maximum Gasteiger partial charge on any atom is 0.243 e.